The van der Waals surface area contributed by atoms with Gasteiger partial charge in [-0.3, -0.25) is 9.56 Å². The highest BCUT2D eigenvalue weighted by Crippen LogP contribution is 2.12. The quantitative estimate of drug-likeness (QED) is 0.805. The first-order valence-corrected chi connectivity index (χ1v) is 7.01. The molecule has 0 bridgehead atoms. The molecule has 0 N–H and O–H groups in total. The summed E-state index contributed by atoms with van der Waals surface area (Å²) in [6.07, 6.45) is 0.199. The Labute approximate surface area is 129 Å². The zero-order valence-electron chi connectivity index (χ0n) is 16.7. The van der Waals surface area contributed by atoms with Crippen LogP contribution in [0.5, 0.6) is 0 Å². The zero-order valence-corrected chi connectivity index (χ0v) is 11.6. The number of halogens is 1. The van der Waals surface area contributed by atoms with E-state index in [4.69, 9.17) is 8.22 Å². The van der Waals surface area contributed by atoms with Gasteiger partial charge in [0.2, 0.25) is 0 Å². The number of aryl methyl sites for hydroxylation is 1. The van der Waals surface area contributed by atoms with Gasteiger partial charge in [-0.15, -0.1) is 0 Å². The predicted molar refractivity (Wildman–Crippen MR) is 74.9 cm³/mol. The number of rotatable bonds is 2. The van der Waals surface area contributed by atoms with Crippen LogP contribution in [0.1, 0.15) is 13.8 Å². The summed E-state index contributed by atoms with van der Waals surface area (Å²) in [7, 11) is -4.64. The van der Waals surface area contributed by atoms with Crippen LogP contribution in [0.2, 0.25) is 0 Å². The summed E-state index contributed by atoms with van der Waals surface area (Å²) in [6.45, 7) is -4.84. The maximum absolute atomic E-state index is 14.4. The molecular formula is C13H14FN3O3S. The molecule has 1 heterocycles. The minimum absolute atomic E-state index is 0.0993. The van der Waals surface area contributed by atoms with Crippen molar-refractivity contribution in [1.29, 1.82) is 0 Å². The number of nitrogens with zero attached hydrogens (tertiary/aromatic N) is 3. The summed E-state index contributed by atoms with van der Waals surface area (Å²) in [5, 5.41) is 0. The minimum Gasteiger partial charge on any atom is -0.278 e. The molecule has 8 heteroatoms. The molecule has 6 nitrogen and oxygen atoms in total. The standard InChI is InChI=1S/C13H14FN3O3S/c1-9-4-6-10(7-5-9)21(19,20)17-8-11(14)12(15-2)16(3)13(17)18/h4-8H,1-3H3/b15-12+/i2D3,3D3. The molecule has 21 heavy (non-hydrogen) atoms. The third-order valence-corrected chi connectivity index (χ3v) is 4.37. The van der Waals surface area contributed by atoms with E-state index >= 15 is 0 Å². The van der Waals surface area contributed by atoms with Gasteiger partial charge in [-0.2, -0.15) is 3.97 Å². The van der Waals surface area contributed by atoms with Crippen LogP contribution in [-0.4, -0.2) is 23.9 Å². The summed E-state index contributed by atoms with van der Waals surface area (Å²) < 4.78 is 82.6. The lowest BCUT2D eigenvalue weighted by molar-refractivity contribution is 0.537. The van der Waals surface area contributed by atoms with Crippen LogP contribution < -0.4 is 11.2 Å². The lowest BCUT2D eigenvalue weighted by Gasteiger charge is -2.10. The largest absolute Gasteiger partial charge is 0.343 e. The van der Waals surface area contributed by atoms with E-state index in [-0.39, 0.29) is 19.6 Å². The Morgan fingerprint density at radius 3 is 2.52 bits per heavy atom. The summed E-state index contributed by atoms with van der Waals surface area (Å²) in [6, 6.07) is 5.19. The topological polar surface area (TPSA) is 73.4 Å². The fraction of sp³-hybridized carbons (Fsp3) is 0.231. The highest BCUT2D eigenvalue weighted by Gasteiger charge is 2.21. The number of hydrogen-bond donors (Lipinski definition) is 0. The Morgan fingerprint density at radius 1 is 1.29 bits per heavy atom. The predicted octanol–water partition coefficient (Wildman–Crippen LogP) is 0.402. The Hall–Kier alpha value is -2.22. The first-order chi connectivity index (χ1) is 12.1. The van der Waals surface area contributed by atoms with Crippen molar-refractivity contribution in [3.05, 3.63) is 57.8 Å². The van der Waals surface area contributed by atoms with Crippen LogP contribution in [0.4, 0.5) is 4.39 Å². The van der Waals surface area contributed by atoms with E-state index in [2.05, 4.69) is 4.99 Å². The number of benzene rings is 1. The van der Waals surface area contributed by atoms with Gasteiger partial charge in [-0.1, -0.05) is 17.7 Å². The summed E-state index contributed by atoms with van der Waals surface area (Å²) in [4.78, 5) is 15.1. The van der Waals surface area contributed by atoms with Gasteiger partial charge < -0.3 is 0 Å². The van der Waals surface area contributed by atoms with Gasteiger partial charge >= 0.3 is 5.69 Å². The van der Waals surface area contributed by atoms with Gasteiger partial charge in [0, 0.05) is 22.2 Å². The van der Waals surface area contributed by atoms with Crippen molar-refractivity contribution < 1.29 is 21.0 Å². The van der Waals surface area contributed by atoms with E-state index in [1.165, 1.54) is 12.1 Å². The van der Waals surface area contributed by atoms with Crippen molar-refractivity contribution in [3.8, 4) is 0 Å². The molecule has 0 spiro atoms. The lowest BCUT2D eigenvalue weighted by Crippen LogP contribution is -2.42. The Morgan fingerprint density at radius 2 is 1.95 bits per heavy atom. The average molecular weight is 317 g/mol. The maximum atomic E-state index is 14.4. The van der Waals surface area contributed by atoms with E-state index in [1.54, 1.807) is 6.92 Å². The molecule has 0 fully saturated rings. The second kappa shape index (κ2) is 5.28. The molecule has 1 aromatic heterocycles. The smallest absolute Gasteiger partial charge is 0.278 e. The van der Waals surface area contributed by atoms with Crippen molar-refractivity contribution in [1.82, 2.24) is 8.54 Å². The van der Waals surface area contributed by atoms with Crippen LogP contribution in [0, 0.1) is 12.7 Å². The van der Waals surface area contributed by atoms with E-state index in [1.807, 2.05) is 0 Å². The number of aromatic nitrogens is 2. The lowest BCUT2D eigenvalue weighted by atomic mass is 10.2. The summed E-state index contributed by atoms with van der Waals surface area (Å²) >= 11 is 0. The molecule has 112 valence electrons. The molecule has 0 atom stereocenters. The Bertz CT molecular complexity index is 1100. The summed E-state index contributed by atoms with van der Waals surface area (Å²) in [5.74, 6) is -1.60. The van der Waals surface area contributed by atoms with Gasteiger partial charge in [0.25, 0.3) is 10.0 Å². The Kier molecular flexibility index (Phi) is 2.25. The van der Waals surface area contributed by atoms with Gasteiger partial charge in [-0.25, -0.2) is 17.6 Å². The third kappa shape index (κ3) is 2.54. The molecule has 0 saturated heterocycles. The second-order valence-corrected chi connectivity index (χ2v) is 5.96. The minimum atomic E-state index is -4.64. The number of hydrogen-bond acceptors (Lipinski definition) is 4. The molecular weight excluding hydrogens is 297 g/mol. The summed E-state index contributed by atoms with van der Waals surface area (Å²) in [5.41, 5.74) is -2.26. The van der Waals surface area contributed by atoms with Crippen molar-refractivity contribution in [2.24, 2.45) is 12.0 Å². The van der Waals surface area contributed by atoms with Crippen LogP contribution >= 0.6 is 0 Å². The van der Waals surface area contributed by atoms with Crippen LogP contribution in [0.25, 0.3) is 0 Å². The molecule has 2 aromatic rings. The fourth-order valence-electron chi connectivity index (χ4n) is 1.61. The molecule has 0 radical (unpaired) electrons. The van der Waals surface area contributed by atoms with E-state index in [0.29, 0.717) is 0 Å². The molecule has 0 aliphatic carbocycles. The van der Waals surface area contributed by atoms with E-state index in [0.717, 1.165) is 17.7 Å². The fourth-order valence-corrected chi connectivity index (χ4v) is 2.84. The van der Waals surface area contributed by atoms with Gasteiger partial charge in [0.05, 0.1) is 11.1 Å². The van der Waals surface area contributed by atoms with Crippen LogP contribution in [-0.2, 0) is 17.0 Å². The first-order valence-electron chi connectivity index (χ1n) is 8.57. The maximum Gasteiger partial charge on any atom is 0.343 e. The molecule has 0 aliphatic rings. The second-order valence-electron chi connectivity index (χ2n) is 4.14. The molecule has 1 aromatic carbocycles. The van der Waals surface area contributed by atoms with Crippen molar-refractivity contribution >= 4 is 10.0 Å². The monoisotopic (exact) mass is 317 g/mol. The average Bonchev–Trinajstić information content (AvgIpc) is 2.48. The van der Waals surface area contributed by atoms with Crippen molar-refractivity contribution in [2.45, 2.75) is 11.8 Å². The van der Waals surface area contributed by atoms with Crippen molar-refractivity contribution in [2.75, 3.05) is 6.98 Å². The molecule has 0 saturated carbocycles. The van der Waals surface area contributed by atoms with Gasteiger partial charge in [0.15, 0.2) is 11.3 Å². The zero-order chi connectivity index (χ0) is 20.8. The SMILES string of the molecule is [2H]C([2H])([2H])/N=c1\c(F)cn(S(=O)(=O)c2ccc(C)cc2)c(=O)n1C([2H])([2H])[2H]. The third-order valence-electron chi connectivity index (χ3n) is 2.72. The van der Waals surface area contributed by atoms with Crippen LogP contribution in [0.3, 0.4) is 0 Å². The van der Waals surface area contributed by atoms with E-state index in [9.17, 15) is 17.6 Å². The first kappa shape index (κ1) is 8.93. The Balaban J connectivity index is 2.94. The highest BCUT2D eigenvalue weighted by atomic mass is 32.2. The van der Waals surface area contributed by atoms with Gasteiger partial charge in [-0.05, 0) is 19.1 Å². The highest BCUT2D eigenvalue weighted by molar-refractivity contribution is 7.90. The molecule has 0 aliphatic heterocycles. The molecule has 2 rings (SSSR count). The van der Waals surface area contributed by atoms with E-state index < -0.39 is 41.0 Å². The molecule has 0 amide bonds. The van der Waals surface area contributed by atoms with Gasteiger partial charge in [0.1, 0.15) is 0 Å². The molecule has 0 unspecified atom stereocenters. The van der Waals surface area contributed by atoms with Crippen molar-refractivity contribution in [3.63, 3.8) is 0 Å². The van der Waals surface area contributed by atoms with Crippen LogP contribution in [0.15, 0.2) is 45.1 Å². The normalized spacial score (nSPS) is 18.1.